The van der Waals surface area contributed by atoms with Gasteiger partial charge in [0.25, 0.3) is 0 Å². The zero-order valence-electron chi connectivity index (χ0n) is 20.9. The number of aliphatic hydroxyl groups is 1. The van der Waals surface area contributed by atoms with Crippen LogP contribution in [0.2, 0.25) is 0 Å². The Kier molecular flexibility index (Phi) is 7.58. The summed E-state index contributed by atoms with van der Waals surface area (Å²) in [4.78, 5) is 23.6. The van der Waals surface area contributed by atoms with Gasteiger partial charge < -0.3 is 14.7 Å². The monoisotopic (exact) mass is 526 g/mol. The van der Waals surface area contributed by atoms with Crippen molar-refractivity contribution in [2.24, 2.45) is 34.5 Å². The van der Waals surface area contributed by atoms with Gasteiger partial charge in [0.15, 0.2) is 0 Å². The van der Waals surface area contributed by atoms with Gasteiger partial charge in [0.05, 0.1) is 10.9 Å². The molecule has 1 N–H and O–H groups in total. The number of ether oxygens (including phenoxy) is 1. The van der Waals surface area contributed by atoms with E-state index in [4.69, 9.17) is 14.5 Å². The van der Waals surface area contributed by atoms with Gasteiger partial charge in [-0.2, -0.15) is 4.89 Å². The molecule has 188 valence electrons. The fraction of sp³-hybridized carbons (Fsp3) is 0.889. The first-order chi connectivity index (χ1) is 15.6. The molecule has 4 rings (SSSR count). The first-order valence-corrected chi connectivity index (χ1v) is 14.1. The van der Waals surface area contributed by atoms with Crippen LogP contribution in [0.15, 0.2) is 12.3 Å². The van der Waals surface area contributed by atoms with Crippen molar-refractivity contribution in [3.8, 4) is 0 Å². The van der Waals surface area contributed by atoms with Crippen LogP contribution >= 0.6 is 15.9 Å². The minimum Gasteiger partial charge on any atom is -0.461 e. The van der Waals surface area contributed by atoms with E-state index < -0.39 is 0 Å². The first kappa shape index (κ1) is 25.5. The number of halogens is 1. The molecular formula is C27H43BrO5. The summed E-state index contributed by atoms with van der Waals surface area (Å²) in [6.07, 6.45) is 8.86. The van der Waals surface area contributed by atoms with Crippen molar-refractivity contribution in [2.45, 2.75) is 115 Å². The number of carbonyl (C=O) groups is 1. The fourth-order valence-electron chi connectivity index (χ4n) is 8.09. The predicted molar refractivity (Wildman–Crippen MR) is 131 cm³/mol. The Labute approximate surface area is 208 Å². The number of fused-ring (bicyclic) bond motifs is 5. The SMILES string of the molecule is C=C(CCC)OO[C@H]1CC[C@@]2(C)C(C1)C[C@H](O)C1C2CC[C@@]2(C)C1C[C@@H](Br)C2OC(=O)CC. The maximum atomic E-state index is 12.2. The summed E-state index contributed by atoms with van der Waals surface area (Å²) < 4.78 is 5.96. The van der Waals surface area contributed by atoms with E-state index >= 15 is 0 Å². The largest absolute Gasteiger partial charge is 0.461 e. The molecule has 4 aliphatic carbocycles. The van der Waals surface area contributed by atoms with Crippen molar-refractivity contribution in [2.75, 3.05) is 0 Å². The lowest BCUT2D eigenvalue weighted by Gasteiger charge is -2.62. The van der Waals surface area contributed by atoms with Gasteiger partial charge in [-0.05, 0) is 80.5 Å². The average Bonchev–Trinajstić information content (AvgIpc) is 3.03. The van der Waals surface area contributed by atoms with Crippen molar-refractivity contribution in [3.63, 3.8) is 0 Å². The number of alkyl halides is 1. The standard InChI is InChI=1S/C27H43BrO5/c1-6-8-16(3)32-33-18-9-11-26(4)17(13-18)14-22(29)24-19(26)10-12-27(5)20(24)15-21(28)25(27)31-23(30)7-2/h17-22,24-25,29H,3,6-15H2,1-2,4-5H3/t17?,18-,19?,20?,21+,22-,24?,25?,26-,27-/m0/s1. The lowest BCUT2D eigenvalue weighted by atomic mass is 9.44. The van der Waals surface area contributed by atoms with Crippen molar-refractivity contribution < 1.29 is 24.4 Å². The van der Waals surface area contributed by atoms with Crippen LogP contribution in [0.1, 0.15) is 91.9 Å². The van der Waals surface area contributed by atoms with Crippen LogP contribution in [0.5, 0.6) is 0 Å². The highest BCUT2D eigenvalue weighted by Gasteiger charge is 2.65. The second-order valence-corrected chi connectivity index (χ2v) is 12.9. The Morgan fingerprint density at radius 3 is 2.52 bits per heavy atom. The maximum Gasteiger partial charge on any atom is 0.305 e. The molecule has 0 aromatic rings. The summed E-state index contributed by atoms with van der Waals surface area (Å²) in [5, 5.41) is 11.5. The third kappa shape index (κ3) is 4.53. The number of hydrogen-bond acceptors (Lipinski definition) is 5. The Bertz CT molecular complexity index is 742. The quantitative estimate of drug-likeness (QED) is 0.138. The van der Waals surface area contributed by atoms with Gasteiger partial charge in [-0.3, -0.25) is 4.79 Å². The number of allylic oxidation sites excluding steroid dienone is 1. The molecule has 4 aliphatic rings. The number of carbonyl (C=O) groups excluding carboxylic acids is 1. The van der Waals surface area contributed by atoms with Gasteiger partial charge in [-0.25, -0.2) is 0 Å². The second-order valence-electron chi connectivity index (χ2n) is 11.7. The number of aliphatic hydroxyl groups excluding tert-OH is 1. The van der Waals surface area contributed by atoms with Crippen LogP contribution < -0.4 is 0 Å². The Balaban J connectivity index is 1.48. The molecule has 0 aromatic carbocycles. The number of esters is 1. The van der Waals surface area contributed by atoms with Crippen LogP contribution in [0, 0.1) is 34.5 Å². The third-order valence-electron chi connectivity index (χ3n) is 9.91. The van der Waals surface area contributed by atoms with Gasteiger partial charge in [0.1, 0.15) is 18.0 Å². The highest BCUT2D eigenvalue weighted by atomic mass is 79.9. The Morgan fingerprint density at radius 1 is 1.09 bits per heavy atom. The smallest absolute Gasteiger partial charge is 0.305 e. The van der Waals surface area contributed by atoms with Crippen LogP contribution in [0.25, 0.3) is 0 Å². The molecule has 5 unspecified atom stereocenters. The van der Waals surface area contributed by atoms with Crippen molar-refractivity contribution in [1.29, 1.82) is 0 Å². The van der Waals surface area contributed by atoms with E-state index in [9.17, 15) is 9.90 Å². The predicted octanol–water partition coefficient (Wildman–Crippen LogP) is 6.33. The van der Waals surface area contributed by atoms with Gasteiger partial charge in [-0.1, -0.05) is 50.2 Å². The zero-order chi connectivity index (χ0) is 24.0. The maximum absolute atomic E-state index is 12.2. The summed E-state index contributed by atoms with van der Waals surface area (Å²) >= 11 is 3.86. The van der Waals surface area contributed by atoms with E-state index in [2.05, 4.69) is 43.3 Å². The molecule has 5 nitrogen and oxygen atoms in total. The lowest BCUT2D eigenvalue weighted by molar-refractivity contribution is -0.313. The molecule has 0 heterocycles. The summed E-state index contributed by atoms with van der Waals surface area (Å²) in [5.74, 6) is 2.17. The molecule has 33 heavy (non-hydrogen) atoms. The highest BCUT2D eigenvalue weighted by Crippen LogP contribution is 2.67. The molecule has 0 aliphatic heterocycles. The van der Waals surface area contributed by atoms with Gasteiger partial charge >= 0.3 is 5.97 Å². The zero-order valence-corrected chi connectivity index (χ0v) is 22.4. The van der Waals surface area contributed by atoms with Gasteiger partial charge in [0, 0.05) is 18.3 Å². The molecule has 6 heteroatoms. The van der Waals surface area contributed by atoms with Gasteiger partial charge in [0.2, 0.25) is 0 Å². The molecule has 10 atom stereocenters. The van der Waals surface area contributed by atoms with Crippen LogP contribution in [0.3, 0.4) is 0 Å². The molecule has 0 aromatic heterocycles. The summed E-state index contributed by atoms with van der Waals surface area (Å²) in [7, 11) is 0. The normalized spacial score (nSPS) is 46.6. The number of hydrogen-bond donors (Lipinski definition) is 1. The summed E-state index contributed by atoms with van der Waals surface area (Å²) in [5.41, 5.74) is 0.142. The lowest BCUT2D eigenvalue weighted by Crippen LogP contribution is -2.59. The van der Waals surface area contributed by atoms with E-state index in [0.717, 1.165) is 57.8 Å². The van der Waals surface area contributed by atoms with Crippen LogP contribution in [-0.2, 0) is 19.3 Å². The highest BCUT2D eigenvalue weighted by molar-refractivity contribution is 9.09. The average molecular weight is 528 g/mol. The summed E-state index contributed by atoms with van der Waals surface area (Å²) in [6.45, 7) is 12.7. The van der Waals surface area contributed by atoms with Crippen LogP contribution in [-0.4, -0.2) is 34.2 Å². The molecule has 0 bridgehead atoms. The van der Waals surface area contributed by atoms with Crippen LogP contribution in [0.4, 0.5) is 0 Å². The molecular weight excluding hydrogens is 484 g/mol. The molecule has 0 amide bonds. The van der Waals surface area contributed by atoms with E-state index in [0.29, 0.717) is 29.9 Å². The summed E-state index contributed by atoms with van der Waals surface area (Å²) in [6, 6.07) is 0. The minimum absolute atomic E-state index is 0.0713. The Morgan fingerprint density at radius 2 is 1.82 bits per heavy atom. The number of rotatable bonds is 7. The molecule has 4 fully saturated rings. The third-order valence-corrected chi connectivity index (χ3v) is 10.8. The van der Waals surface area contributed by atoms with E-state index in [1.807, 2.05) is 6.92 Å². The van der Waals surface area contributed by atoms with Crippen molar-refractivity contribution in [1.82, 2.24) is 0 Å². The Hall–Kier alpha value is -0.590. The van der Waals surface area contributed by atoms with E-state index in [-0.39, 0.29) is 45.9 Å². The molecule has 0 saturated heterocycles. The van der Waals surface area contributed by atoms with Crippen molar-refractivity contribution >= 4 is 21.9 Å². The van der Waals surface area contributed by atoms with E-state index in [1.54, 1.807) is 0 Å². The topological polar surface area (TPSA) is 65.0 Å². The molecule has 0 spiro atoms. The fourth-order valence-corrected chi connectivity index (χ4v) is 9.20. The second kappa shape index (κ2) is 9.81. The van der Waals surface area contributed by atoms with Crippen molar-refractivity contribution in [3.05, 3.63) is 12.3 Å². The first-order valence-electron chi connectivity index (χ1n) is 13.2. The van der Waals surface area contributed by atoms with Gasteiger partial charge in [-0.15, -0.1) is 0 Å². The van der Waals surface area contributed by atoms with E-state index in [1.165, 1.54) is 0 Å². The molecule has 4 saturated carbocycles. The molecule has 0 radical (unpaired) electrons. The minimum atomic E-state index is -0.312.